The van der Waals surface area contributed by atoms with Gasteiger partial charge in [-0.15, -0.1) is 12.4 Å². The minimum absolute atomic E-state index is 0. The second-order valence-electron chi connectivity index (χ2n) is 8.75. The van der Waals surface area contributed by atoms with E-state index in [1.54, 1.807) is 41.3 Å². The van der Waals surface area contributed by atoms with Crippen LogP contribution >= 0.6 is 23.7 Å². The number of amides is 1. The van der Waals surface area contributed by atoms with Crippen LogP contribution in [0.5, 0.6) is 11.5 Å². The molecule has 0 aliphatic carbocycles. The van der Waals surface area contributed by atoms with Crippen molar-refractivity contribution in [1.82, 2.24) is 9.88 Å². The van der Waals surface area contributed by atoms with Crippen molar-refractivity contribution >= 4 is 54.8 Å². The van der Waals surface area contributed by atoms with Crippen LogP contribution in [-0.2, 0) is 14.6 Å². The van der Waals surface area contributed by atoms with Crippen LogP contribution in [0.3, 0.4) is 0 Å². The summed E-state index contributed by atoms with van der Waals surface area (Å²) in [5.74, 6) is 1.05. The van der Waals surface area contributed by atoms with E-state index in [2.05, 4.69) is 4.90 Å². The lowest BCUT2D eigenvalue weighted by atomic mass is 10.2. The summed E-state index contributed by atoms with van der Waals surface area (Å²) in [5.41, 5.74) is 1.13. The Balaban J connectivity index is 0.00000336. The number of benzene rings is 3. The van der Waals surface area contributed by atoms with Gasteiger partial charge in [0.1, 0.15) is 11.5 Å². The average molecular weight is 574 g/mol. The number of carbonyl (C=O) groups excluding carboxylic acids is 1. The molecule has 2 heterocycles. The molecule has 5 rings (SSSR count). The fraction of sp³-hybridized carbons (Fsp3) is 0.259. The maximum absolute atomic E-state index is 13.8. The lowest BCUT2D eigenvalue weighted by Crippen LogP contribution is -2.43. The van der Waals surface area contributed by atoms with Gasteiger partial charge in [0, 0.05) is 38.0 Å². The van der Waals surface area contributed by atoms with Crippen molar-refractivity contribution in [3.8, 4) is 11.5 Å². The maximum atomic E-state index is 13.8. The van der Waals surface area contributed by atoms with E-state index < -0.39 is 9.84 Å². The van der Waals surface area contributed by atoms with Crippen molar-refractivity contribution in [2.75, 3.05) is 50.5 Å². The largest absolute Gasteiger partial charge is 0.457 e. The van der Waals surface area contributed by atoms with Crippen molar-refractivity contribution in [2.45, 2.75) is 4.90 Å². The minimum Gasteiger partial charge on any atom is -0.457 e. The molecule has 0 bridgehead atoms. The Bertz CT molecular complexity index is 1510. The van der Waals surface area contributed by atoms with Crippen LogP contribution in [0.4, 0.5) is 5.13 Å². The summed E-state index contributed by atoms with van der Waals surface area (Å²) in [7, 11) is -3.35. The molecule has 8 nitrogen and oxygen atoms in total. The number of carbonyl (C=O) groups is 1. The molecule has 11 heteroatoms. The van der Waals surface area contributed by atoms with Gasteiger partial charge in [-0.1, -0.05) is 35.6 Å². The molecular weight excluding hydrogens is 546 g/mol. The Hall–Kier alpha value is -3.02. The third-order valence-corrected chi connectivity index (χ3v) is 8.21. The van der Waals surface area contributed by atoms with Crippen molar-refractivity contribution in [3.05, 3.63) is 78.4 Å². The van der Waals surface area contributed by atoms with Crippen molar-refractivity contribution in [3.63, 3.8) is 0 Å². The number of halogens is 1. The summed E-state index contributed by atoms with van der Waals surface area (Å²) in [6.07, 6.45) is 1.18. The number of ether oxygens (including phenoxy) is 2. The highest BCUT2D eigenvalue weighted by molar-refractivity contribution is 7.90. The van der Waals surface area contributed by atoms with Gasteiger partial charge in [0.25, 0.3) is 5.91 Å². The number of nitrogens with zero attached hydrogens (tertiary/aromatic N) is 3. The van der Waals surface area contributed by atoms with Gasteiger partial charge < -0.3 is 9.47 Å². The van der Waals surface area contributed by atoms with E-state index in [4.69, 9.17) is 14.5 Å². The molecular formula is C27H28ClN3O5S2. The van der Waals surface area contributed by atoms with Gasteiger partial charge in [0.05, 0.1) is 28.3 Å². The maximum Gasteiger partial charge on any atom is 0.260 e. The highest BCUT2D eigenvalue weighted by Crippen LogP contribution is 2.32. The Morgan fingerprint density at radius 2 is 1.76 bits per heavy atom. The van der Waals surface area contributed by atoms with Gasteiger partial charge in [-0.05, 0) is 48.5 Å². The van der Waals surface area contributed by atoms with Crippen molar-refractivity contribution in [2.24, 2.45) is 0 Å². The summed E-state index contributed by atoms with van der Waals surface area (Å²) in [6, 6.07) is 21.3. The van der Waals surface area contributed by atoms with E-state index in [1.807, 2.05) is 36.4 Å². The summed E-state index contributed by atoms with van der Waals surface area (Å²) in [5, 5.41) is 0.522. The first-order chi connectivity index (χ1) is 17.9. The van der Waals surface area contributed by atoms with Crippen LogP contribution < -0.4 is 9.64 Å². The van der Waals surface area contributed by atoms with E-state index in [0.717, 1.165) is 13.1 Å². The van der Waals surface area contributed by atoms with Gasteiger partial charge in [-0.2, -0.15) is 0 Å². The molecule has 38 heavy (non-hydrogen) atoms. The van der Waals surface area contributed by atoms with Gasteiger partial charge in [-0.25, -0.2) is 13.4 Å². The third-order valence-electron chi connectivity index (χ3n) is 6.06. The number of rotatable bonds is 8. The molecule has 0 N–H and O–H groups in total. The molecule has 1 saturated heterocycles. The fourth-order valence-corrected chi connectivity index (χ4v) is 5.81. The van der Waals surface area contributed by atoms with Crippen LogP contribution in [0.2, 0.25) is 0 Å². The molecule has 0 unspecified atom stereocenters. The van der Waals surface area contributed by atoms with Gasteiger partial charge in [0.15, 0.2) is 15.0 Å². The molecule has 1 fully saturated rings. The van der Waals surface area contributed by atoms with E-state index in [-0.39, 0.29) is 23.2 Å². The first-order valence-corrected chi connectivity index (χ1v) is 14.6. The molecule has 3 aromatic carbocycles. The molecule has 1 aliphatic rings. The normalized spacial score (nSPS) is 14.1. The number of aromatic nitrogens is 1. The molecule has 0 radical (unpaired) electrons. The zero-order valence-electron chi connectivity index (χ0n) is 20.8. The molecule has 1 aromatic heterocycles. The van der Waals surface area contributed by atoms with Crippen LogP contribution in [0, 0.1) is 0 Å². The predicted octanol–water partition coefficient (Wildman–Crippen LogP) is 4.89. The smallest absolute Gasteiger partial charge is 0.260 e. The number of para-hydroxylation sites is 1. The highest BCUT2D eigenvalue weighted by atomic mass is 35.5. The molecule has 1 aliphatic heterocycles. The minimum atomic E-state index is -3.35. The molecule has 1 amide bonds. The number of morpholine rings is 1. The summed E-state index contributed by atoms with van der Waals surface area (Å²) in [4.78, 5) is 22.7. The van der Waals surface area contributed by atoms with Crippen LogP contribution in [0.15, 0.2) is 77.7 Å². The zero-order valence-corrected chi connectivity index (χ0v) is 23.2. The van der Waals surface area contributed by atoms with Gasteiger partial charge in [0.2, 0.25) is 0 Å². The number of thiazole rings is 1. The monoisotopic (exact) mass is 573 g/mol. The van der Waals surface area contributed by atoms with E-state index in [9.17, 15) is 13.2 Å². The lowest BCUT2D eigenvalue weighted by Gasteiger charge is -2.29. The molecule has 0 saturated carbocycles. The second kappa shape index (κ2) is 12.2. The topological polar surface area (TPSA) is 89.0 Å². The van der Waals surface area contributed by atoms with Crippen LogP contribution in [-0.4, -0.2) is 69.9 Å². The summed E-state index contributed by atoms with van der Waals surface area (Å²) in [6.45, 7) is 4.05. The molecule has 4 aromatic rings. The number of anilines is 1. The van der Waals surface area contributed by atoms with Crippen LogP contribution in [0.1, 0.15) is 10.4 Å². The molecule has 0 atom stereocenters. The van der Waals surface area contributed by atoms with Crippen molar-refractivity contribution in [1.29, 1.82) is 0 Å². The number of hydrogen-bond acceptors (Lipinski definition) is 8. The van der Waals surface area contributed by atoms with Crippen LogP contribution in [0.25, 0.3) is 10.2 Å². The number of sulfone groups is 1. The summed E-state index contributed by atoms with van der Waals surface area (Å²) < 4.78 is 36.2. The SMILES string of the molecule is CS(=O)(=O)c1ccc2nc(N(CCN3CCOCC3)C(=O)c3cccc(Oc4ccccc4)c3)sc2c1.Cl. The zero-order chi connectivity index (χ0) is 25.8. The quantitative estimate of drug-likeness (QED) is 0.296. The standard InChI is InChI=1S/C27H27N3O5S2.ClH/c1-37(32,33)23-10-11-24-25(19-23)36-27(28-24)30(13-12-29-14-16-34-17-15-29)26(31)20-6-5-9-22(18-20)35-21-7-3-2-4-8-21;/h2-11,18-19H,12-17H2,1H3;1H. The molecule has 200 valence electrons. The Morgan fingerprint density at radius 1 is 1.03 bits per heavy atom. The van der Waals surface area contributed by atoms with E-state index >= 15 is 0 Å². The second-order valence-corrected chi connectivity index (χ2v) is 11.8. The Kier molecular flexibility index (Phi) is 9.01. The number of fused-ring (bicyclic) bond motifs is 1. The first kappa shape index (κ1) is 28.0. The molecule has 0 spiro atoms. The summed E-state index contributed by atoms with van der Waals surface area (Å²) >= 11 is 1.31. The third kappa shape index (κ3) is 6.69. The highest BCUT2D eigenvalue weighted by Gasteiger charge is 2.24. The number of hydrogen-bond donors (Lipinski definition) is 0. The predicted molar refractivity (Wildman–Crippen MR) is 152 cm³/mol. The van der Waals surface area contributed by atoms with Crippen molar-refractivity contribution < 1.29 is 22.7 Å². The average Bonchev–Trinajstić information content (AvgIpc) is 3.33. The van der Waals surface area contributed by atoms with Gasteiger partial charge in [-0.3, -0.25) is 14.6 Å². The Morgan fingerprint density at radius 3 is 2.50 bits per heavy atom. The van der Waals surface area contributed by atoms with E-state index in [0.29, 0.717) is 58.7 Å². The lowest BCUT2D eigenvalue weighted by molar-refractivity contribution is 0.0391. The van der Waals surface area contributed by atoms with Gasteiger partial charge >= 0.3 is 0 Å². The Labute approximate surface area is 232 Å². The fourth-order valence-electron chi connectivity index (χ4n) is 4.06. The van der Waals surface area contributed by atoms with E-state index in [1.165, 1.54) is 17.6 Å². The first-order valence-electron chi connectivity index (χ1n) is 11.9.